The fourth-order valence-electron chi connectivity index (χ4n) is 2.95. The number of carbonyl (C=O) groups excluding carboxylic acids is 2. The normalized spacial score (nSPS) is 12.2. The van der Waals surface area contributed by atoms with Crippen LogP contribution in [0.5, 0.6) is 0 Å². The lowest BCUT2D eigenvalue weighted by molar-refractivity contribution is -0.122. The monoisotopic (exact) mass is 354 g/mol. The van der Waals surface area contributed by atoms with E-state index in [-0.39, 0.29) is 30.2 Å². The van der Waals surface area contributed by atoms with Crippen LogP contribution in [-0.2, 0) is 11.3 Å². The number of aromatic nitrogens is 4. The first-order valence-electron chi connectivity index (χ1n) is 8.57. The maximum Gasteiger partial charge on any atom is 0.240 e. The fourth-order valence-corrected chi connectivity index (χ4v) is 2.95. The summed E-state index contributed by atoms with van der Waals surface area (Å²) in [5, 5.41) is 10.2. The summed E-state index contributed by atoms with van der Waals surface area (Å²) in [7, 11) is 0. The SMILES string of the molecule is CCCC(=O)c1cn(CC(=O)NC(C)c2nc(N)n[nH]2)c2ccccc12. The van der Waals surface area contributed by atoms with E-state index in [1.165, 1.54) is 0 Å². The molecular weight excluding hydrogens is 332 g/mol. The molecule has 2 aromatic heterocycles. The van der Waals surface area contributed by atoms with Gasteiger partial charge in [0.05, 0.1) is 6.04 Å². The molecule has 1 unspecified atom stereocenters. The molecule has 8 heteroatoms. The average Bonchev–Trinajstić information content (AvgIpc) is 3.20. The van der Waals surface area contributed by atoms with Gasteiger partial charge in [-0.05, 0) is 19.4 Å². The molecular formula is C18H22N6O2. The second kappa shape index (κ2) is 7.38. The van der Waals surface area contributed by atoms with Crippen molar-refractivity contribution in [3.8, 4) is 0 Å². The number of nitrogens with two attached hydrogens (primary N) is 1. The number of fused-ring (bicyclic) bond motifs is 1. The maximum absolute atomic E-state index is 12.4. The third-order valence-corrected chi connectivity index (χ3v) is 4.19. The summed E-state index contributed by atoms with van der Waals surface area (Å²) in [5.41, 5.74) is 7.00. The van der Waals surface area contributed by atoms with Crippen molar-refractivity contribution in [1.82, 2.24) is 25.1 Å². The minimum atomic E-state index is -0.352. The summed E-state index contributed by atoms with van der Waals surface area (Å²) in [6.45, 7) is 3.87. The number of amides is 1. The van der Waals surface area contributed by atoms with Crippen molar-refractivity contribution < 1.29 is 9.59 Å². The molecule has 0 spiro atoms. The first-order chi connectivity index (χ1) is 12.5. The molecule has 4 N–H and O–H groups in total. The van der Waals surface area contributed by atoms with Crippen molar-refractivity contribution in [3.05, 3.63) is 41.9 Å². The molecule has 0 saturated carbocycles. The van der Waals surface area contributed by atoms with Crippen molar-refractivity contribution >= 4 is 28.5 Å². The van der Waals surface area contributed by atoms with Crippen molar-refractivity contribution in [2.45, 2.75) is 39.3 Å². The summed E-state index contributed by atoms with van der Waals surface area (Å²) < 4.78 is 1.80. The molecule has 3 rings (SSSR count). The van der Waals surface area contributed by atoms with Gasteiger partial charge in [-0.25, -0.2) is 0 Å². The Kier molecular flexibility index (Phi) is 5.01. The molecule has 1 aromatic carbocycles. The number of para-hydroxylation sites is 1. The second-order valence-corrected chi connectivity index (χ2v) is 6.23. The lowest BCUT2D eigenvalue weighted by atomic mass is 10.1. The predicted molar refractivity (Wildman–Crippen MR) is 98.5 cm³/mol. The molecule has 8 nitrogen and oxygen atoms in total. The number of nitrogens with zero attached hydrogens (tertiary/aromatic N) is 3. The Hall–Kier alpha value is -3.16. The van der Waals surface area contributed by atoms with E-state index in [1.54, 1.807) is 17.7 Å². The van der Waals surface area contributed by atoms with Crippen LogP contribution in [-0.4, -0.2) is 31.4 Å². The molecule has 0 saturated heterocycles. The minimum Gasteiger partial charge on any atom is -0.367 e. The second-order valence-electron chi connectivity index (χ2n) is 6.23. The molecule has 3 aromatic rings. The van der Waals surface area contributed by atoms with Crippen LogP contribution in [0.1, 0.15) is 48.9 Å². The summed E-state index contributed by atoms with van der Waals surface area (Å²) in [6.07, 6.45) is 3.04. The molecule has 0 bridgehead atoms. The molecule has 0 aliphatic rings. The van der Waals surface area contributed by atoms with Crippen LogP contribution in [0.15, 0.2) is 30.5 Å². The number of ketones is 1. The number of aromatic amines is 1. The van der Waals surface area contributed by atoms with E-state index in [0.29, 0.717) is 17.8 Å². The Balaban J connectivity index is 1.80. The standard InChI is InChI=1S/C18H22N6O2/c1-3-6-15(25)13-9-24(14-8-5-4-7-12(13)14)10-16(26)20-11(2)17-21-18(19)23-22-17/h4-5,7-9,11H,3,6,10H2,1-2H3,(H,20,26)(H3,19,21,22,23). The van der Waals surface area contributed by atoms with Crippen LogP contribution in [0, 0.1) is 0 Å². The van der Waals surface area contributed by atoms with Crippen LogP contribution in [0.25, 0.3) is 10.9 Å². The molecule has 0 radical (unpaired) electrons. The highest BCUT2D eigenvalue weighted by atomic mass is 16.2. The number of anilines is 1. The first kappa shape index (κ1) is 17.7. The third-order valence-electron chi connectivity index (χ3n) is 4.19. The van der Waals surface area contributed by atoms with Crippen molar-refractivity contribution in [2.24, 2.45) is 0 Å². The number of H-pyrrole nitrogens is 1. The third kappa shape index (κ3) is 3.58. The lowest BCUT2D eigenvalue weighted by Crippen LogP contribution is -2.30. The summed E-state index contributed by atoms with van der Waals surface area (Å²) in [5.74, 6) is 0.527. The molecule has 1 atom stereocenters. The minimum absolute atomic E-state index is 0.0911. The molecule has 2 heterocycles. The fraction of sp³-hybridized carbons (Fsp3) is 0.333. The topological polar surface area (TPSA) is 119 Å². The average molecular weight is 354 g/mol. The van der Waals surface area contributed by atoms with Gasteiger partial charge in [-0.3, -0.25) is 14.7 Å². The summed E-state index contributed by atoms with van der Waals surface area (Å²) in [6, 6.07) is 7.25. The smallest absolute Gasteiger partial charge is 0.240 e. The summed E-state index contributed by atoms with van der Waals surface area (Å²) >= 11 is 0. The van der Waals surface area contributed by atoms with Crippen LogP contribution >= 0.6 is 0 Å². The predicted octanol–water partition coefficient (Wildman–Crippen LogP) is 2.20. The van der Waals surface area contributed by atoms with Gasteiger partial charge in [0.25, 0.3) is 0 Å². The number of nitrogens with one attached hydrogen (secondary N) is 2. The number of Topliss-reactive ketones (excluding diaryl/α,β-unsaturated/α-hetero) is 1. The lowest BCUT2D eigenvalue weighted by Gasteiger charge is -2.12. The van der Waals surface area contributed by atoms with Crippen LogP contribution < -0.4 is 11.1 Å². The van der Waals surface area contributed by atoms with E-state index in [9.17, 15) is 9.59 Å². The zero-order valence-corrected chi connectivity index (χ0v) is 14.8. The quantitative estimate of drug-likeness (QED) is 0.562. The Morgan fingerprint density at radius 2 is 2.12 bits per heavy atom. The van der Waals surface area contributed by atoms with Crippen molar-refractivity contribution in [2.75, 3.05) is 5.73 Å². The van der Waals surface area contributed by atoms with E-state index in [2.05, 4.69) is 20.5 Å². The van der Waals surface area contributed by atoms with Gasteiger partial charge < -0.3 is 15.6 Å². The van der Waals surface area contributed by atoms with Gasteiger partial charge >= 0.3 is 0 Å². The van der Waals surface area contributed by atoms with Gasteiger partial charge in [0.2, 0.25) is 11.9 Å². The zero-order chi connectivity index (χ0) is 18.7. The first-order valence-corrected chi connectivity index (χ1v) is 8.57. The Morgan fingerprint density at radius 1 is 1.35 bits per heavy atom. The van der Waals surface area contributed by atoms with Gasteiger partial charge in [-0.2, -0.15) is 4.98 Å². The van der Waals surface area contributed by atoms with Gasteiger partial charge in [0.1, 0.15) is 12.4 Å². The maximum atomic E-state index is 12.4. The van der Waals surface area contributed by atoms with Crippen molar-refractivity contribution in [1.29, 1.82) is 0 Å². The van der Waals surface area contributed by atoms with Crippen LogP contribution in [0.4, 0.5) is 5.95 Å². The molecule has 136 valence electrons. The largest absolute Gasteiger partial charge is 0.367 e. The number of nitrogen functional groups attached to an aromatic ring is 1. The summed E-state index contributed by atoms with van der Waals surface area (Å²) in [4.78, 5) is 28.8. The Bertz CT molecular complexity index is 942. The van der Waals surface area contributed by atoms with E-state index in [0.717, 1.165) is 17.3 Å². The number of hydrogen-bond donors (Lipinski definition) is 3. The zero-order valence-electron chi connectivity index (χ0n) is 14.8. The van der Waals surface area contributed by atoms with Gasteiger partial charge in [-0.15, -0.1) is 5.10 Å². The number of hydrogen-bond acceptors (Lipinski definition) is 5. The van der Waals surface area contributed by atoms with Gasteiger partial charge in [0, 0.05) is 29.1 Å². The van der Waals surface area contributed by atoms with Crippen LogP contribution in [0.2, 0.25) is 0 Å². The number of rotatable bonds is 7. The van der Waals surface area contributed by atoms with Crippen molar-refractivity contribution in [3.63, 3.8) is 0 Å². The molecule has 0 aliphatic heterocycles. The molecule has 0 fully saturated rings. The molecule has 1 amide bonds. The highest BCUT2D eigenvalue weighted by Crippen LogP contribution is 2.23. The van der Waals surface area contributed by atoms with Gasteiger partial charge in [-0.1, -0.05) is 25.1 Å². The van der Waals surface area contributed by atoms with E-state index >= 15 is 0 Å². The number of benzene rings is 1. The number of carbonyl (C=O) groups is 2. The molecule has 26 heavy (non-hydrogen) atoms. The van der Waals surface area contributed by atoms with E-state index in [1.807, 2.05) is 31.2 Å². The van der Waals surface area contributed by atoms with E-state index < -0.39 is 0 Å². The molecule has 0 aliphatic carbocycles. The Morgan fingerprint density at radius 3 is 2.81 bits per heavy atom. The Labute approximate surface area is 150 Å². The van der Waals surface area contributed by atoms with Gasteiger partial charge in [0.15, 0.2) is 5.78 Å². The highest BCUT2D eigenvalue weighted by molar-refractivity contribution is 6.08. The van der Waals surface area contributed by atoms with E-state index in [4.69, 9.17) is 5.73 Å². The van der Waals surface area contributed by atoms with Crippen LogP contribution in [0.3, 0.4) is 0 Å². The highest BCUT2D eigenvalue weighted by Gasteiger charge is 2.17.